The second kappa shape index (κ2) is 8.05. The van der Waals surface area contributed by atoms with Crippen LogP contribution < -0.4 is 0 Å². The quantitative estimate of drug-likeness (QED) is 0.240. The van der Waals surface area contributed by atoms with Gasteiger partial charge >= 0.3 is 91.3 Å². The number of hydrogen-bond acceptors (Lipinski definition) is 5. The molecule has 0 saturated carbocycles. The topological polar surface area (TPSA) is 93.0 Å². The van der Waals surface area contributed by atoms with Crippen molar-refractivity contribution in [2.24, 2.45) is 5.34 Å². The summed E-state index contributed by atoms with van der Waals surface area (Å²) >= 11 is 0. The summed E-state index contributed by atoms with van der Waals surface area (Å²) in [5.74, 6) is 0. The standard InChI is InChI=1S/K.HNO5S.Na.2H/c;2-1-6-7(3,4)5;;;/h;(H,3,4,5);;;. The first kappa shape index (κ1) is 17.1. The Bertz CT molecular complexity index is 150. The zero-order chi connectivity index (χ0) is 5.91. The van der Waals surface area contributed by atoms with Crippen molar-refractivity contribution in [3.05, 3.63) is 4.91 Å². The normalized spacial score (nSPS) is 8.11. The molecule has 0 saturated heterocycles. The summed E-state index contributed by atoms with van der Waals surface area (Å²) in [4.78, 5) is 8.81. The molecule has 0 aliphatic carbocycles. The maximum absolute atomic E-state index is 9.27. The van der Waals surface area contributed by atoms with Gasteiger partial charge in [0.15, 0.2) is 5.34 Å². The van der Waals surface area contributed by atoms with Crippen molar-refractivity contribution in [2.75, 3.05) is 0 Å². The monoisotopic (exact) mass is 191 g/mol. The predicted molar refractivity (Wildman–Crippen MR) is 32.7 cm³/mol. The fourth-order valence-corrected chi connectivity index (χ4v) is 0.115. The van der Waals surface area contributed by atoms with E-state index in [1.165, 1.54) is 5.34 Å². The second-order valence-corrected chi connectivity index (χ2v) is 1.58. The van der Waals surface area contributed by atoms with Crippen LogP contribution in [0.5, 0.6) is 0 Å². The first-order valence-corrected chi connectivity index (χ1v) is 2.41. The van der Waals surface area contributed by atoms with Crippen LogP contribution in [-0.2, 0) is 14.7 Å². The Hall–Kier alpha value is 1.95. The van der Waals surface area contributed by atoms with E-state index in [0.717, 1.165) is 0 Å². The molecular weight excluding hydrogens is 188 g/mol. The molecule has 0 aliphatic heterocycles. The zero-order valence-corrected chi connectivity index (χ0v) is 3.75. The summed E-state index contributed by atoms with van der Waals surface area (Å²) < 4.78 is 28.8. The Labute approximate surface area is 116 Å². The molecule has 0 aromatic carbocycles. The van der Waals surface area contributed by atoms with Gasteiger partial charge in [0.05, 0.1) is 0 Å². The Morgan fingerprint density at radius 1 is 1.44 bits per heavy atom. The van der Waals surface area contributed by atoms with Crippen LogP contribution in [0, 0.1) is 4.91 Å². The Balaban J connectivity index is -0.000000180. The summed E-state index contributed by atoms with van der Waals surface area (Å²) in [6, 6.07) is 0. The first-order valence-electron chi connectivity index (χ1n) is 1.05. The van der Waals surface area contributed by atoms with E-state index < -0.39 is 10.4 Å². The van der Waals surface area contributed by atoms with Crippen LogP contribution in [0.2, 0.25) is 0 Å². The minimum atomic E-state index is -4.65. The Morgan fingerprint density at radius 2 is 1.78 bits per heavy atom. The molecule has 0 unspecified atom stereocenters. The molecular formula is H3KNNaO5S. The van der Waals surface area contributed by atoms with E-state index in [4.69, 9.17) is 9.46 Å². The SMILES string of the molecule is O=NOS(=O)(=O)O.[KH].[NaH]. The van der Waals surface area contributed by atoms with E-state index >= 15 is 0 Å². The molecule has 0 aliphatic rings. The van der Waals surface area contributed by atoms with Crippen LogP contribution in [-0.4, -0.2) is 93.9 Å². The molecule has 46 valence electrons. The van der Waals surface area contributed by atoms with Gasteiger partial charge in [0, 0.05) is 0 Å². The van der Waals surface area contributed by atoms with Gasteiger partial charge in [0.2, 0.25) is 0 Å². The third-order valence-corrected chi connectivity index (χ3v) is 0.374. The van der Waals surface area contributed by atoms with E-state index in [9.17, 15) is 8.42 Å². The van der Waals surface area contributed by atoms with E-state index in [1.807, 2.05) is 0 Å². The van der Waals surface area contributed by atoms with Gasteiger partial charge in [-0.1, -0.05) is 0 Å². The van der Waals surface area contributed by atoms with Crippen LogP contribution in [0.4, 0.5) is 0 Å². The molecule has 9 heavy (non-hydrogen) atoms. The van der Waals surface area contributed by atoms with Crippen LogP contribution in [0.25, 0.3) is 0 Å². The minimum absolute atomic E-state index is 0. The summed E-state index contributed by atoms with van der Waals surface area (Å²) in [5, 5.41) is 1.42. The van der Waals surface area contributed by atoms with E-state index in [0.29, 0.717) is 0 Å². The van der Waals surface area contributed by atoms with E-state index in [1.54, 1.807) is 0 Å². The summed E-state index contributed by atoms with van der Waals surface area (Å²) in [6.07, 6.45) is 0. The van der Waals surface area contributed by atoms with Crippen molar-refractivity contribution in [1.82, 2.24) is 0 Å². The van der Waals surface area contributed by atoms with Crippen molar-refractivity contribution in [2.45, 2.75) is 0 Å². The molecule has 0 spiro atoms. The number of rotatable bonds is 2. The van der Waals surface area contributed by atoms with Gasteiger partial charge in [-0.15, -0.1) is 4.91 Å². The fourth-order valence-electron chi connectivity index (χ4n) is 0.0385. The predicted octanol–water partition coefficient (Wildman–Crippen LogP) is -1.81. The molecule has 0 fully saturated rings. The molecule has 1 N–H and O–H groups in total. The van der Waals surface area contributed by atoms with Crippen molar-refractivity contribution in [3.63, 3.8) is 0 Å². The molecule has 0 radical (unpaired) electrons. The summed E-state index contributed by atoms with van der Waals surface area (Å²) in [7, 11) is -4.65. The van der Waals surface area contributed by atoms with Crippen molar-refractivity contribution < 1.29 is 17.3 Å². The number of hydrogen-bond donors (Lipinski definition) is 1. The van der Waals surface area contributed by atoms with Gasteiger partial charge in [0.25, 0.3) is 0 Å². The summed E-state index contributed by atoms with van der Waals surface area (Å²) in [6.45, 7) is 0. The van der Waals surface area contributed by atoms with Gasteiger partial charge in [-0.05, 0) is 0 Å². The van der Waals surface area contributed by atoms with E-state index in [-0.39, 0.29) is 80.9 Å². The van der Waals surface area contributed by atoms with Gasteiger partial charge in [-0.3, -0.25) is 4.55 Å². The second-order valence-electron chi connectivity index (χ2n) is 0.577. The first-order chi connectivity index (χ1) is 3.06. The van der Waals surface area contributed by atoms with Crippen LogP contribution in [0.3, 0.4) is 0 Å². The fraction of sp³-hybridized carbons (Fsp3) is 0. The van der Waals surface area contributed by atoms with Crippen molar-refractivity contribution in [1.29, 1.82) is 0 Å². The van der Waals surface area contributed by atoms with Crippen LogP contribution >= 0.6 is 0 Å². The Kier molecular flexibility index (Phi) is 15.3. The molecule has 6 nitrogen and oxygen atoms in total. The molecule has 0 atom stereocenters. The molecule has 0 amide bonds. The third-order valence-electron chi connectivity index (χ3n) is 0.125. The van der Waals surface area contributed by atoms with E-state index in [2.05, 4.69) is 4.28 Å². The van der Waals surface area contributed by atoms with Gasteiger partial charge in [-0.2, -0.15) is 8.42 Å². The zero-order valence-electron chi connectivity index (χ0n) is 2.94. The average Bonchev–Trinajstić information content (AvgIpc) is 1.30. The van der Waals surface area contributed by atoms with Gasteiger partial charge < -0.3 is 0 Å². The molecule has 0 heterocycles. The van der Waals surface area contributed by atoms with Crippen molar-refractivity contribution in [3.8, 4) is 0 Å². The van der Waals surface area contributed by atoms with Gasteiger partial charge in [-0.25, -0.2) is 4.28 Å². The van der Waals surface area contributed by atoms with Crippen LogP contribution in [0.1, 0.15) is 0 Å². The molecule has 0 rings (SSSR count). The molecule has 0 aromatic heterocycles. The Morgan fingerprint density at radius 3 is 1.78 bits per heavy atom. The molecule has 0 bridgehead atoms. The van der Waals surface area contributed by atoms with Crippen LogP contribution in [0.15, 0.2) is 5.34 Å². The summed E-state index contributed by atoms with van der Waals surface area (Å²) in [5.41, 5.74) is 0. The van der Waals surface area contributed by atoms with Crippen molar-refractivity contribution >= 4 is 91.3 Å². The number of nitrogens with zero attached hydrogens (tertiary/aromatic N) is 1. The molecule has 9 heteroatoms. The maximum atomic E-state index is 9.27. The average molecular weight is 191 g/mol. The van der Waals surface area contributed by atoms with Gasteiger partial charge in [0.1, 0.15) is 0 Å². The third kappa shape index (κ3) is 17.8. The molecule has 0 aromatic rings.